The number of ether oxygens (including phenoxy) is 3. The third kappa shape index (κ3) is 64.6. The topological polar surface area (TPSA) is 78.9 Å². The Hall–Kier alpha value is -4.19. The molecular weight excluding hydrogens is 985 g/mol. The highest BCUT2D eigenvalue weighted by atomic mass is 16.6. The molecule has 0 N–H and O–H groups in total. The van der Waals surface area contributed by atoms with Gasteiger partial charge in [0.1, 0.15) is 13.2 Å². The lowest BCUT2D eigenvalue weighted by atomic mass is 10.0. The van der Waals surface area contributed by atoms with E-state index in [1.807, 2.05) is 0 Å². The first kappa shape index (κ1) is 75.8. The highest BCUT2D eigenvalue weighted by molar-refractivity contribution is 5.71. The predicted molar refractivity (Wildman–Crippen MR) is 348 cm³/mol. The van der Waals surface area contributed by atoms with Gasteiger partial charge in [0, 0.05) is 19.3 Å². The van der Waals surface area contributed by atoms with Crippen LogP contribution >= 0.6 is 0 Å². The van der Waals surface area contributed by atoms with E-state index >= 15 is 0 Å². The normalized spacial score (nSPS) is 12.9. The number of allylic oxidation sites excluding steroid dienone is 20. The van der Waals surface area contributed by atoms with Gasteiger partial charge in [0.15, 0.2) is 6.10 Å². The van der Waals surface area contributed by atoms with E-state index in [0.717, 1.165) is 128 Å². The third-order valence-electron chi connectivity index (χ3n) is 14.2. The zero-order valence-corrected chi connectivity index (χ0v) is 52.3. The van der Waals surface area contributed by atoms with Crippen LogP contribution in [0, 0.1) is 0 Å². The van der Waals surface area contributed by atoms with Gasteiger partial charge in [-0.2, -0.15) is 0 Å². The number of hydrogen-bond donors (Lipinski definition) is 0. The summed E-state index contributed by atoms with van der Waals surface area (Å²) in [6, 6.07) is 0. The summed E-state index contributed by atoms with van der Waals surface area (Å²) in [4.78, 5) is 38.3. The smallest absolute Gasteiger partial charge is 0.306 e. The van der Waals surface area contributed by atoms with E-state index in [4.69, 9.17) is 14.2 Å². The Morgan fingerprint density at radius 2 is 0.487 bits per heavy atom. The molecule has 0 amide bonds. The molecule has 80 heavy (non-hydrogen) atoms. The van der Waals surface area contributed by atoms with Crippen molar-refractivity contribution in [2.45, 2.75) is 316 Å². The molecule has 0 aliphatic rings. The van der Waals surface area contributed by atoms with Crippen molar-refractivity contribution in [1.82, 2.24) is 0 Å². The summed E-state index contributed by atoms with van der Waals surface area (Å²) >= 11 is 0. The molecule has 0 aliphatic carbocycles. The Bertz CT molecular complexity index is 1650. The largest absolute Gasteiger partial charge is 0.462 e. The van der Waals surface area contributed by atoms with E-state index in [0.29, 0.717) is 19.3 Å². The average Bonchev–Trinajstić information content (AvgIpc) is 3.46. The average molecular weight is 1110 g/mol. The van der Waals surface area contributed by atoms with Gasteiger partial charge in [-0.05, 0) is 128 Å². The monoisotopic (exact) mass is 1110 g/mol. The van der Waals surface area contributed by atoms with Crippen LogP contribution in [-0.4, -0.2) is 37.2 Å². The number of esters is 3. The molecule has 0 aromatic heterocycles. The number of rotatable bonds is 60. The van der Waals surface area contributed by atoms with Crippen LogP contribution in [0.15, 0.2) is 122 Å². The quantitative estimate of drug-likeness (QED) is 0.0261. The molecule has 6 nitrogen and oxygen atoms in total. The fourth-order valence-corrected chi connectivity index (χ4v) is 9.22. The summed E-state index contributed by atoms with van der Waals surface area (Å²) in [5, 5.41) is 0. The van der Waals surface area contributed by atoms with Gasteiger partial charge in [0.25, 0.3) is 0 Å². The molecular formula is C74H124O6. The van der Waals surface area contributed by atoms with Crippen molar-refractivity contribution >= 4 is 17.9 Å². The minimum absolute atomic E-state index is 0.0850. The Morgan fingerprint density at radius 1 is 0.263 bits per heavy atom. The van der Waals surface area contributed by atoms with Crippen LogP contribution in [-0.2, 0) is 28.6 Å². The summed E-state index contributed by atoms with van der Waals surface area (Å²) in [5.41, 5.74) is 0. The number of hydrogen-bond acceptors (Lipinski definition) is 6. The Morgan fingerprint density at radius 3 is 0.775 bits per heavy atom. The van der Waals surface area contributed by atoms with Gasteiger partial charge in [-0.15, -0.1) is 0 Å². The molecule has 0 aliphatic heterocycles. The lowest BCUT2D eigenvalue weighted by Gasteiger charge is -2.18. The maximum Gasteiger partial charge on any atom is 0.306 e. The van der Waals surface area contributed by atoms with Crippen LogP contribution in [0.5, 0.6) is 0 Å². The van der Waals surface area contributed by atoms with Crippen molar-refractivity contribution in [1.29, 1.82) is 0 Å². The molecule has 1 unspecified atom stereocenters. The third-order valence-corrected chi connectivity index (χ3v) is 14.2. The van der Waals surface area contributed by atoms with Gasteiger partial charge in [-0.1, -0.05) is 284 Å². The molecule has 0 rings (SSSR count). The molecule has 456 valence electrons. The summed E-state index contributed by atoms with van der Waals surface area (Å²) in [7, 11) is 0. The van der Waals surface area contributed by atoms with Crippen molar-refractivity contribution in [2.24, 2.45) is 0 Å². The maximum absolute atomic E-state index is 12.9. The standard InChI is InChI=1S/C74H124O6/c1-4-7-10-13-16-19-22-25-27-29-31-33-34-35-36-37-38-39-40-42-43-45-47-49-52-55-58-61-64-67-73(76)79-70-71(69-78-72(75)66-63-60-57-54-51-24-21-18-15-12-9-6-3)80-74(77)68-65-62-59-56-53-50-48-46-44-41-32-30-28-26-23-20-17-14-11-8-5-2/h7-8,10-11,16-21,25-28,31-33,35-36,41,71H,4-6,9,12-15,22-24,29-30,34,37-40,42-70H2,1-3H3/b10-7-,11-8-,19-16-,20-17-,21-18-,27-25-,28-26-,33-31-,36-35-,41-32-. The van der Waals surface area contributed by atoms with Crippen LogP contribution in [0.25, 0.3) is 0 Å². The molecule has 0 aromatic rings. The second-order valence-corrected chi connectivity index (χ2v) is 22.0. The van der Waals surface area contributed by atoms with Gasteiger partial charge in [0.2, 0.25) is 0 Å². The van der Waals surface area contributed by atoms with Gasteiger partial charge < -0.3 is 14.2 Å². The van der Waals surface area contributed by atoms with Gasteiger partial charge in [-0.3, -0.25) is 14.4 Å². The lowest BCUT2D eigenvalue weighted by molar-refractivity contribution is -0.167. The van der Waals surface area contributed by atoms with Crippen molar-refractivity contribution in [3.8, 4) is 0 Å². The molecule has 0 fully saturated rings. The van der Waals surface area contributed by atoms with Crippen LogP contribution in [0.3, 0.4) is 0 Å². The Labute approximate surface area is 494 Å². The first-order chi connectivity index (χ1) is 39.5. The molecule has 0 radical (unpaired) electrons. The number of carbonyl (C=O) groups is 3. The Kier molecular flexibility index (Phi) is 63.8. The minimum Gasteiger partial charge on any atom is -0.462 e. The van der Waals surface area contributed by atoms with Crippen molar-refractivity contribution in [2.75, 3.05) is 13.2 Å². The first-order valence-corrected chi connectivity index (χ1v) is 33.5. The first-order valence-electron chi connectivity index (χ1n) is 33.5. The Balaban J connectivity index is 4.28. The van der Waals surface area contributed by atoms with E-state index < -0.39 is 6.10 Å². The van der Waals surface area contributed by atoms with E-state index in [9.17, 15) is 14.4 Å². The van der Waals surface area contributed by atoms with E-state index in [1.165, 1.54) is 141 Å². The molecule has 0 saturated heterocycles. The predicted octanol–water partition coefficient (Wildman–Crippen LogP) is 23.2. The molecule has 1 atom stereocenters. The van der Waals surface area contributed by atoms with Crippen molar-refractivity contribution in [3.63, 3.8) is 0 Å². The summed E-state index contributed by atoms with van der Waals surface area (Å²) in [6.07, 6.45) is 93.6. The molecule has 0 heterocycles. The van der Waals surface area contributed by atoms with Crippen molar-refractivity contribution in [3.05, 3.63) is 122 Å². The summed E-state index contributed by atoms with van der Waals surface area (Å²) < 4.78 is 16.9. The fraction of sp³-hybridized carbons (Fsp3) is 0.689. The van der Waals surface area contributed by atoms with Crippen molar-refractivity contribution < 1.29 is 28.6 Å². The SMILES string of the molecule is CC/C=C\C/C=C\C/C=C\C/C=C\C/C=C\CCCCCCCCCCCCCCCC(=O)OCC(COC(=O)CCCCCCC/C=C\CCCCC)OC(=O)CCCCCCCCCC/C=C\C/C=C\C/C=C\C/C=C\CC. The second-order valence-electron chi connectivity index (χ2n) is 22.0. The summed E-state index contributed by atoms with van der Waals surface area (Å²) in [5.74, 6) is -0.896. The molecule has 0 spiro atoms. The van der Waals surface area contributed by atoms with E-state index in [1.54, 1.807) is 0 Å². The zero-order chi connectivity index (χ0) is 57.8. The maximum atomic E-state index is 12.9. The second kappa shape index (κ2) is 67.3. The lowest BCUT2D eigenvalue weighted by Crippen LogP contribution is -2.30. The van der Waals surface area contributed by atoms with Gasteiger partial charge in [0.05, 0.1) is 0 Å². The molecule has 0 aromatic carbocycles. The van der Waals surface area contributed by atoms with Gasteiger partial charge >= 0.3 is 17.9 Å². The van der Waals surface area contributed by atoms with Crippen LogP contribution in [0.2, 0.25) is 0 Å². The highest BCUT2D eigenvalue weighted by Gasteiger charge is 2.19. The molecule has 6 heteroatoms. The highest BCUT2D eigenvalue weighted by Crippen LogP contribution is 2.16. The van der Waals surface area contributed by atoms with E-state index in [2.05, 4.69) is 142 Å². The van der Waals surface area contributed by atoms with Crippen LogP contribution < -0.4 is 0 Å². The minimum atomic E-state index is -0.790. The number of unbranched alkanes of at least 4 members (excludes halogenated alkanes) is 29. The van der Waals surface area contributed by atoms with Crippen LogP contribution in [0.4, 0.5) is 0 Å². The molecule has 0 bridgehead atoms. The molecule has 0 saturated carbocycles. The van der Waals surface area contributed by atoms with E-state index in [-0.39, 0.29) is 31.1 Å². The van der Waals surface area contributed by atoms with Gasteiger partial charge in [-0.25, -0.2) is 0 Å². The fourth-order valence-electron chi connectivity index (χ4n) is 9.22. The zero-order valence-electron chi connectivity index (χ0n) is 52.3. The van der Waals surface area contributed by atoms with Crippen LogP contribution in [0.1, 0.15) is 310 Å². The number of carbonyl (C=O) groups excluding carboxylic acids is 3. The summed E-state index contributed by atoms with van der Waals surface area (Å²) in [6.45, 7) is 6.40.